The van der Waals surface area contributed by atoms with Crippen LogP contribution in [0.4, 0.5) is 5.69 Å². The SMILES string of the molecule is Cc1nn(-c2ccccc2)c(C)c1/C=N/NC(=O)c1ccccc1[N+](=O)[O-]. The fourth-order valence-electron chi connectivity index (χ4n) is 2.70. The minimum absolute atomic E-state index is 0.0481. The van der Waals surface area contributed by atoms with Crippen LogP contribution in [0.5, 0.6) is 0 Å². The van der Waals surface area contributed by atoms with Gasteiger partial charge < -0.3 is 0 Å². The van der Waals surface area contributed by atoms with E-state index in [9.17, 15) is 14.9 Å². The molecule has 1 heterocycles. The lowest BCUT2D eigenvalue weighted by Gasteiger charge is -2.03. The Labute approximate surface area is 155 Å². The van der Waals surface area contributed by atoms with Crippen molar-refractivity contribution in [1.82, 2.24) is 15.2 Å². The predicted octanol–water partition coefficient (Wildman–Crippen LogP) is 3.16. The van der Waals surface area contributed by atoms with Gasteiger partial charge in [0.1, 0.15) is 5.56 Å². The summed E-state index contributed by atoms with van der Waals surface area (Å²) in [6, 6.07) is 15.4. The molecule has 3 rings (SSSR count). The molecular formula is C19H17N5O3. The summed E-state index contributed by atoms with van der Waals surface area (Å²) in [6.45, 7) is 3.75. The highest BCUT2D eigenvalue weighted by Gasteiger charge is 2.18. The largest absolute Gasteiger partial charge is 0.282 e. The molecule has 8 nitrogen and oxygen atoms in total. The number of nitrogens with zero attached hydrogens (tertiary/aromatic N) is 4. The fraction of sp³-hybridized carbons (Fsp3) is 0.105. The number of benzene rings is 2. The van der Waals surface area contributed by atoms with Crippen molar-refractivity contribution in [2.24, 2.45) is 5.10 Å². The van der Waals surface area contributed by atoms with E-state index < -0.39 is 10.8 Å². The van der Waals surface area contributed by atoms with E-state index in [0.717, 1.165) is 22.6 Å². The molecule has 0 saturated heterocycles. The van der Waals surface area contributed by atoms with Gasteiger partial charge in [-0.1, -0.05) is 30.3 Å². The molecule has 8 heteroatoms. The van der Waals surface area contributed by atoms with Crippen LogP contribution in [0.3, 0.4) is 0 Å². The monoisotopic (exact) mass is 363 g/mol. The number of hydrogen-bond donors (Lipinski definition) is 1. The van der Waals surface area contributed by atoms with E-state index in [2.05, 4.69) is 15.6 Å². The smallest absolute Gasteiger partial charge is 0.267 e. The molecule has 2 aromatic carbocycles. The molecule has 0 unspecified atom stereocenters. The first-order valence-corrected chi connectivity index (χ1v) is 8.17. The third kappa shape index (κ3) is 3.74. The highest BCUT2D eigenvalue weighted by Crippen LogP contribution is 2.18. The van der Waals surface area contributed by atoms with Crippen molar-refractivity contribution in [3.63, 3.8) is 0 Å². The number of aryl methyl sites for hydroxylation is 1. The topological polar surface area (TPSA) is 102 Å². The third-order valence-electron chi connectivity index (χ3n) is 4.05. The number of nitrogens with one attached hydrogen (secondary N) is 1. The van der Waals surface area contributed by atoms with Crippen LogP contribution in [-0.4, -0.2) is 26.8 Å². The average Bonchev–Trinajstić information content (AvgIpc) is 2.96. The molecule has 3 aromatic rings. The number of nitro benzene ring substituents is 1. The minimum Gasteiger partial charge on any atom is -0.267 e. The van der Waals surface area contributed by atoms with Gasteiger partial charge in [-0.05, 0) is 32.0 Å². The normalized spacial score (nSPS) is 10.9. The van der Waals surface area contributed by atoms with Crippen LogP contribution in [-0.2, 0) is 0 Å². The number of para-hydroxylation sites is 2. The van der Waals surface area contributed by atoms with Gasteiger partial charge in [-0.25, -0.2) is 10.1 Å². The number of hydrazone groups is 1. The molecule has 0 spiro atoms. The molecule has 0 atom stereocenters. The summed E-state index contributed by atoms with van der Waals surface area (Å²) in [5.41, 5.74) is 5.32. The molecule has 27 heavy (non-hydrogen) atoms. The Morgan fingerprint density at radius 2 is 1.81 bits per heavy atom. The number of aromatic nitrogens is 2. The van der Waals surface area contributed by atoms with Gasteiger partial charge in [0.2, 0.25) is 0 Å². The second-order valence-corrected chi connectivity index (χ2v) is 5.81. The van der Waals surface area contributed by atoms with Crippen LogP contribution in [0.2, 0.25) is 0 Å². The van der Waals surface area contributed by atoms with Crippen molar-refractivity contribution >= 4 is 17.8 Å². The van der Waals surface area contributed by atoms with Crippen molar-refractivity contribution in [2.45, 2.75) is 13.8 Å². The van der Waals surface area contributed by atoms with Crippen molar-refractivity contribution in [1.29, 1.82) is 0 Å². The molecule has 0 saturated carbocycles. The van der Waals surface area contributed by atoms with Gasteiger partial charge >= 0.3 is 0 Å². The maximum absolute atomic E-state index is 12.2. The van der Waals surface area contributed by atoms with Gasteiger partial charge in [-0.15, -0.1) is 0 Å². The summed E-state index contributed by atoms with van der Waals surface area (Å²) in [6.07, 6.45) is 1.49. The summed E-state index contributed by atoms with van der Waals surface area (Å²) < 4.78 is 1.79. The lowest BCUT2D eigenvalue weighted by molar-refractivity contribution is -0.385. The molecule has 1 N–H and O–H groups in total. The van der Waals surface area contributed by atoms with Crippen molar-refractivity contribution in [3.8, 4) is 5.69 Å². The van der Waals surface area contributed by atoms with Gasteiger partial charge in [0.05, 0.1) is 28.2 Å². The van der Waals surface area contributed by atoms with Crippen LogP contribution in [0.1, 0.15) is 27.3 Å². The van der Waals surface area contributed by atoms with E-state index in [1.165, 1.54) is 24.4 Å². The quantitative estimate of drug-likeness (QED) is 0.427. The van der Waals surface area contributed by atoms with Crippen LogP contribution in [0.15, 0.2) is 59.7 Å². The van der Waals surface area contributed by atoms with Gasteiger partial charge in [0, 0.05) is 11.6 Å². The lowest BCUT2D eigenvalue weighted by atomic mass is 10.2. The minimum atomic E-state index is -0.649. The molecule has 0 aliphatic carbocycles. The van der Waals surface area contributed by atoms with E-state index in [1.54, 1.807) is 10.7 Å². The van der Waals surface area contributed by atoms with E-state index >= 15 is 0 Å². The molecule has 1 amide bonds. The number of carbonyl (C=O) groups excluding carboxylic acids is 1. The Morgan fingerprint density at radius 1 is 1.15 bits per heavy atom. The number of hydrogen-bond acceptors (Lipinski definition) is 5. The Hall–Kier alpha value is -3.81. The Balaban J connectivity index is 1.81. The van der Waals surface area contributed by atoms with Crippen molar-refractivity contribution in [3.05, 3.63) is 87.2 Å². The standard InChI is InChI=1S/C19H17N5O3/c1-13-17(14(2)23(22-13)15-8-4-3-5-9-15)12-20-21-19(25)16-10-6-7-11-18(16)24(26)27/h3-12H,1-2H3,(H,21,25)/b20-12+. The summed E-state index contributed by atoms with van der Waals surface area (Å²) in [5.74, 6) is -0.649. The Bertz CT molecular complexity index is 1030. The van der Waals surface area contributed by atoms with Crippen LogP contribution < -0.4 is 5.43 Å². The van der Waals surface area contributed by atoms with E-state index in [-0.39, 0.29) is 11.3 Å². The van der Waals surface area contributed by atoms with E-state index in [0.29, 0.717) is 0 Å². The Kier molecular flexibility index (Phi) is 5.07. The van der Waals surface area contributed by atoms with Gasteiger partial charge in [-0.3, -0.25) is 14.9 Å². The first-order chi connectivity index (χ1) is 13.0. The summed E-state index contributed by atoms with van der Waals surface area (Å²) >= 11 is 0. The zero-order valence-electron chi connectivity index (χ0n) is 14.8. The van der Waals surface area contributed by atoms with Crippen LogP contribution in [0.25, 0.3) is 5.69 Å². The second kappa shape index (κ2) is 7.61. The fourth-order valence-corrected chi connectivity index (χ4v) is 2.70. The molecule has 1 aromatic heterocycles. The highest BCUT2D eigenvalue weighted by molar-refractivity contribution is 5.98. The Morgan fingerprint density at radius 3 is 2.52 bits per heavy atom. The molecule has 0 bridgehead atoms. The summed E-state index contributed by atoms with van der Waals surface area (Å²) in [4.78, 5) is 22.6. The zero-order valence-corrected chi connectivity index (χ0v) is 14.8. The van der Waals surface area contributed by atoms with Gasteiger partial charge in [0.25, 0.3) is 11.6 Å². The lowest BCUT2D eigenvalue weighted by Crippen LogP contribution is -2.19. The van der Waals surface area contributed by atoms with E-state index in [1.807, 2.05) is 44.2 Å². The first kappa shape index (κ1) is 18.0. The highest BCUT2D eigenvalue weighted by atomic mass is 16.6. The van der Waals surface area contributed by atoms with E-state index in [4.69, 9.17) is 0 Å². The van der Waals surface area contributed by atoms with Crippen molar-refractivity contribution < 1.29 is 9.72 Å². The van der Waals surface area contributed by atoms with Crippen LogP contribution >= 0.6 is 0 Å². The maximum atomic E-state index is 12.2. The molecule has 0 aliphatic heterocycles. The first-order valence-electron chi connectivity index (χ1n) is 8.17. The van der Waals surface area contributed by atoms with Gasteiger partial charge in [-0.2, -0.15) is 10.2 Å². The predicted molar refractivity (Wildman–Crippen MR) is 101 cm³/mol. The number of amides is 1. The van der Waals surface area contributed by atoms with Crippen LogP contribution in [0, 0.1) is 24.0 Å². The maximum Gasteiger partial charge on any atom is 0.282 e. The summed E-state index contributed by atoms with van der Waals surface area (Å²) in [5, 5.41) is 19.5. The molecular weight excluding hydrogens is 346 g/mol. The average molecular weight is 363 g/mol. The van der Waals surface area contributed by atoms with Gasteiger partial charge in [0.15, 0.2) is 0 Å². The van der Waals surface area contributed by atoms with Crippen molar-refractivity contribution in [2.75, 3.05) is 0 Å². The second-order valence-electron chi connectivity index (χ2n) is 5.81. The number of nitro groups is 1. The number of carbonyl (C=O) groups is 1. The molecule has 0 fully saturated rings. The number of rotatable bonds is 5. The summed E-state index contributed by atoms with van der Waals surface area (Å²) in [7, 11) is 0. The molecule has 0 aliphatic rings. The third-order valence-corrected chi connectivity index (χ3v) is 4.05. The molecule has 0 radical (unpaired) electrons. The molecule has 136 valence electrons. The zero-order chi connectivity index (χ0) is 19.4.